The van der Waals surface area contributed by atoms with Crippen molar-refractivity contribution in [2.24, 2.45) is 0 Å². The van der Waals surface area contributed by atoms with E-state index in [1.165, 1.54) is 0 Å². The van der Waals surface area contributed by atoms with Crippen LogP contribution in [0.1, 0.15) is 16.1 Å². The quantitative estimate of drug-likeness (QED) is 0.684. The SMILES string of the molecule is O=Cc1cccn1Cc1ccncc1. The van der Waals surface area contributed by atoms with Gasteiger partial charge in [0.15, 0.2) is 6.29 Å². The summed E-state index contributed by atoms with van der Waals surface area (Å²) in [5, 5.41) is 0. The Labute approximate surface area is 82.0 Å². The van der Waals surface area contributed by atoms with Crippen molar-refractivity contribution in [1.82, 2.24) is 9.55 Å². The van der Waals surface area contributed by atoms with E-state index in [4.69, 9.17) is 0 Å². The molecular formula is C11H10N2O. The molecule has 0 aliphatic heterocycles. The Balaban J connectivity index is 2.23. The van der Waals surface area contributed by atoms with Crippen LogP contribution in [0.25, 0.3) is 0 Å². The first kappa shape index (κ1) is 8.69. The number of carbonyl (C=O) groups is 1. The van der Waals surface area contributed by atoms with Gasteiger partial charge in [0.2, 0.25) is 0 Å². The lowest BCUT2D eigenvalue weighted by atomic mass is 10.2. The highest BCUT2D eigenvalue weighted by Gasteiger charge is 1.99. The van der Waals surface area contributed by atoms with Crippen LogP contribution in [0.2, 0.25) is 0 Å². The lowest BCUT2D eigenvalue weighted by molar-refractivity contribution is 0.111. The average Bonchev–Trinajstić information content (AvgIpc) is 2.67. The third-order valence-corrected chi connectivity index (χ3v) is 2.09. The first-order chi connectivity index (χ1) is 6.90. The van der Waals surface area contributed by atoms with Crippen molar-refractivity contribution in [3.8, 4) is 0 Å². The number of aromatic nitrogens is 2. The van der Waals surface area contributed by atoms with Gasteiger partial charge in [0, 0.05) is 25.1 Å². The van der Waals surface area contributed by atoms with Gasteiger partial charge in [-0.1, -0.05) is 0 Å². The molecule has 2 heterocycles. The van der Waals surface area contributed by atoms with Crippen LogP contribution in [0.3, 0.4) is 0 Å². The maximum absolute atomic E-state index is 10.6. The highest BCUT2D eigenvalue weighted by molar-refractivity contribution is 5.72. The second kappa shape index (κ2) is 3.87. The van der Waals surface area contributed by atoms with Gasteiger partial charge in [0.05, 0.1) is 5.69 Å². The number of nitrogens with zero attached hydrogens (tertiary/aromatic N) is 2. The molecule has 14 heavy (non-hydrogen) atoms. The fourth-order valence-electron chi connectivity index (χ4n) is 1.36. The van der Waals surface area contributed by atoms with Crippen LogP contribution in [0.4, 0.5) is 0 Å². The summed E-state index contributed by atoms with van der Waals surface area (Å²) in [5.74, 6) is 0. The molecule has 0 spiro atoms. The van der Waals surface area contributed by atoms with E-state index in [9.17, 15) is 4.79 Å². The Kier molecular flexibility index (Phi) is 2.40. The number of hydrogen-bond acceptors (Lipinski definition) is 2. The number of pyridine rings is 1. The highest BCUT2D eigenvalue weighted by Crippen LogP contribution is 2.04. The summed E-state index contributed by atoms with van der Waals surface area (Å²) in [4.78, 5) is 14.6. The summed E-state index contributed by atoms with van der Waals surface area (Å²) in [6.07, 6.45) is 6.25. The Morgan fingerprint density at radius 1 is 1.29 bits per heavy atom. The van der Waals surface area contributed by atoms with E-state index in [2.05, 4.69) is 4.98 Å². The fraction of sp³-hybridized carbons (Fsp3) is 0.0909. The molecule has 0 aliphatic carbocycles. The van der Waals surface area contributed by atoms with E-state index >= 15 is 0 Å². The average molecular weight is 186 g/mol. The number of aldehydes is 1. The summed E-state index contributed by atoms with van der Waals surface area (Å²) in [6.45, 7) is 0.712. The molecule has 0 atom stereocenters. The minimum atomic E-state index is 0.696. The summed E-state index contributed by atoms with van der Waals surface area (Å²) < 4.78 is 1.91. The molecule has 2 rings (SSSR count). The van der Waals surface area contributed by atoms with Gasteiger partial charge in [-0.2, -0.15) is 0 Å². The summed E-state index contributed by atoms with van der Waals surface area (Å²) >= 11 is 0. The Morgan fingerprint density at radius 2 is 2.07 bits per heavy atom. The molecule has 0 radical (unpaired) electrons. The van der Waals surface area contributed by atoms with Crippen molar-refractivity contribution >= 4 is 6.29 Å². The van der Waals surface area contributed by atoms with Gasteiger partial charge in [0.25, 0.3) is 0 Å². The molecule has 0 aliphatic rings. The zero-order valence-corrected chi connectivity index (χ0v) is 7.63. The monoisotopic (exact) mass is 186 g/mol. The normalized spacial score (nSPS) is 10.0. The standard InChI is InChI=1S/C11H10N2O/c14-9-11-2-1-7-13(11)8-10-3-5-12-6-4-10/h1-7,9H,8H2. The van der Waals surface area contributed by atoms with Gasteiger partial charge in [-0.3, -0.25) is 9.78 Å². The van der Waals surface area contributed by atoms with E-state index in [0.717, 1.165) is 11.8 Å². The molecule has 0 amide bonds. The van der Waals surface area contributed by atoms with Gasteiger partial charge in [0.1, 0.15) is 0 Å². The molecule has 0 saturated carbocycles. The fourth-order valence-corrected chi connectivity index (χ4v) is 1.36. The molecule has 0 bridgehead atoms. The van der Waals surface area contributed by atoms with Gasteiger partial charge in [-0.15, -0.1) is 0 Å². The van der Waals surface area contributed by atoms with Crippen molar-refractivity contribution in [2.45, 2.75) is 6.54 Å². The van der Waals surface area contributed by atoms with E-state index in [-0.39, 0.29) is 0 Å². The van der Waals surface area contributed by atoms with Crippen LogP contribution in [0.5, 0.6) is 0 Å². The minimum Gasteiger partial charge on any atom is -0.341 e. The van der Waals surface area contributed by atoms with Crippen LogP contribution in [-0.2, 0) is 6.54 Å². The molecule has 0 fully saturated rings. The van der Waals surface area contributed by atoms with E-state index in [1.807, 2.05) is 29.0 Å². The molecule has 2 aromatic heterocycles. The highest BCUT2D eigenvalue weighted by atomic mass is 16.1. The minimum absolute atomic E-state index is 0.696. The van der Waals surface area contributed by atoms with Crippen LogP contribution < -0.4 is 0 Å². The van der Waals surface area contributed by atoms with Crippen molar-refractivity contribution in [2.75, 3.05) is 0 Å². The van der Waals surface area contributed by atoms with Gasteiger partial charge < -0.3 is 4.57 Å². The molecular weight excluding hydrogens is 176 g/mol. The Bertz CT molecular complexity index is 420. The predicted molar refractivity (Wildman–Crippen MR) is 53.2 cm³/mol. The number of rotatable bonds is 3. The lowest BCUT2D eigenvalue weighted by Gasteiger charge is -2.04. The van der Waals surface area contributed by atoms with Gasteiger partial charge in [-0.25, -0.2) is 0 Å². The van der Waals surface area contributed by atoms with Crippen molar-refractivity contribution in [3.63, 3.8) is 0 Å². The zero-order valence-electron chi connectivity index (χ0n) is 7.63. The maximum Gasteiger partial charge on any atom is 0.166 e. The van der Waals surface area contributed by atoms with Crippen LogP contribution in [-0.4, -0.2) is 15.8 Å². The first-order valence-corrected chi connectivity index (χ1v) is 4.39. The number of carbonyl (C=O) groups excluding carboxylic acids is 1. The summed E-state index contributed by atoms with van der Waals surface area (Å²) in [5.41, 5.74) is 1.83. The molecule has 0 unspecified atom stereocenters. The predicted octanol–water partition coefficient (Wildman–Crippen LogP) is 1.74. The molecule has 70 valence electrons. The first-order valence-electron chi connectivity index (χ1n) is 4.39. The molecule has 0 aromatic carbocycles. The Hall–Kier alpha value is -1.90. The molecule has 0 N–H and O–H groups in total. The molecule has 3 nitrogen and oxygen atoms in total. The van der Waals surface area contributed by atoms with Crippen LogP contribution in [0, 0.1) is 0 Å². The van der Waals surface area contributed by atoms with Crippen molar-refractivity contribution < 1.29 is 4.79 Å². The smallest absolute Gasteiger partial charge is 0.166 e. The van der Waals surface area contributed by atoms with Gasteiger partial charge >= 0.3 is 0 Å². The number of hydrogen-bond donors (Lipinski definition) is 0. The summed E-state index contributed by atoms with van der Waals surface area (Å²) in [7, 11) is 0. The molecule has 0 saturated heterocycles. The van der Waals surface area contributed by atoms with Crippen LogP contribution in [0.15, 0.2) is 42.9 Å². The second-order valence-corrected chi connectivity index (χ2v) is 3.03. The lowest BCUT2D eigenvalue weighted by Crippen LogP contribution is -2.01. The Morgan fingerprint density at radius 3 is 2.79 bits per heavy atom. The second-order valence-electron chi connectivity index (χ2n) is 3.03. The van der Waals surface area contributed by atoms with Gasteiger partial charge in [-0.05, 0) is 29.8 Å². The molecule has 2 aromatic rings. The van der Waals surface area contributed by atoms with Crippen LogP contribution >= 0.6 is 0 Å². The van der Waals surface area contributed by atoms with E-state index < -0.39 is 0 Å². The summed E-state index contributed by atoms with van der Waals surface area (Å²) in [6, 6.07) is 7.54. The maximum atomic E-state index is 10.6. The third-order valence-electron chi connectivity index (χ3n) is 2.09. The largest absolute Gasteiger partial charge is 0.341 e. The topological polar surface area (TPSA) is 34.9 Å². The van der Waals surface area contributed by atoms with E-state index in [0.29, 0.717) is 12.2 Å². The van der Waals surface area contributed by atoms with E-state index in [1.54, 1.807) is 18.5 Å². The van der Waals surface area contributed by atoms with Crippen molar-refractivity contribution in [1.29, 1.82) is 0 Å². The zero-order chi connectivity index (χ0) is 9.80. The van der Waals surface area contributed by atoms with Crippen molar-refractivity contribution in [3.05, 3.63) is 54.1 Å². The molecule has 3 heteroatoms. The third kappa shape index (κ3) is 1.71.